The summed E-state index contributed by atoms with van der Waals surface area (Å²) >= 11 is 0. The van der Waals surface area contributed by atoms with Gasteiger partial charge in [-0.3, -0.25) is 48.4 Å². The van der Waals surface area contributed by atoms with Crippen molar-refractivity contribution in [3.63, 3.8) is 0 Å². The van der Waals surface area contributed by atoms with Gasteiger partial charge in [-0.25, -0.2) is 0 Å². The van der Waals surface area contributed by atoms with Crippen molar-refractivity contribution in [1.82, 2.24) is 35.6 Å². The molecule has 6 N–H and O–H groups in total. The lowest BCUT2D eigenvalue weighted by atomic mass is 10.2. The lowest BCUT2D eigenvalue weighted by Gasteiger charge is -2.32. The third-order valence-electron chi connectivity index (χ3n) is 6.94. The Hall–Kier alpha value is -3.38. The number of ether oxygens (including phenoxy) is 1. The molecule has 1 aliphatic heterocycles. The molecule has 47 heavy (non-hydrogen) atoms. The summed E-state index contributed by atoms with van der Waals surface area (Å²) < 4.78 is 5.46. The standard InChI is InChI=1S/C28H51N7O10.C2H6/c1-2-3-6-29-23(36)4-5-24(37)30-7-17-45-18-8-31-25(38)19-32-9-11-33(20-26(39)40)13-15-35(22-28(43)44)16-14-34(12-10-32)21-27(41)42;1-2/h2-22H2,1H3,(H,29,36)(H,30,37)(H,31,38)(H,39,40)(H,41,42)(H,43,44);1-2H3. The van der Waals surface area contributed by atoms with E-state index in [2.05, 4.69) is 16.0 Å². The van der Waals surface area contributed by atoms with E-state index >= 15 is 0 Å². The fourth-order valence-electron chi connectivity index (χ4n) is 4.48. The van der Waals surface area contributed by atoms with E-state index in [1.807, 2.05) is 25.7 Å². The van der Waals surface area contributed by atoms with Gasteiger partial charge in [0.15, 0.2) is 0 Å². The Kier molecular flexibility index (Phi) is 25.7. The van der Waals surface area contributed by atoms with Crippen molar-refractivity contribution < 1.29 is 48.8 Å². The molecule has 1 heterocycles. The second kappa shape index (κ2) is 27.7. The highest BCUT2D eigenvalue weighted by molar-refractivity contribution is 5.83. The van der Waals surface area contributed by atoms with Crippen LogP contribution in [0.4, 0.5) is 0 Å². The van der Waals surface area contributed by atoms with Crippen LogP contribution in [0.15, 0.2) is 0 Å². The van der Waals surface area contributed by atoms with Crippen LogP contribution < -0.4 is 16.0 Å². The molecule has 0 aliphatic carbocycles. The van der Waals surface area contributed by atoms with E-state index < -0.39 is 17.9 Å². The average molecular weight is 676 g/mol. The molecule has 0 aromatic heterocycles. The van der Waals surface area contributed by atoms with Crippen molar-refractivity contribution in [3.8, 4) is 0 Å². The minimum atomic E-state index is -1.03. The first-order valence-electron chi connectivity index (χ1n) is 16.4. The minimum absolute atomic E-state index is 0.00897. The SMILES string of the molecule is CC.CCCCNC(=O)CCC(=O)NCCOCCNC(=O)CN1CCN(CC(=O)O)CCN(CC(=O)O)CCN(CC(=O)O)CC1. The van der Waals surface area contributed by atoms with Gasteiger partial charge in [-0.05, 0) is 6.42 Å². The van der Waals surface area contributed by atoms with Crippen LogP contribution in [0, 0.1) is 0 Å². The van der Waals surface area contributed by atoms with Gasteiger partial charge in [-0.15, -0.1) is 0 Å². The number of amides is 3. The Morgan fingerprint density at radius 1 is 0.532 bits per heavy atom. The van der Waals surface area contributed by atoms with Crippen molar-refractivity contribution in [2.24, 2.45) is 0 Å². The molecule has 0 bridgehead atoms. The Morgan fingerprint density at radius 3 is 1.19 bits per heavy atom. The molecule has 1 rings (SSSR count). The minimum Gasteiger partial charge on any atom is -0.480 e. The fraction of sp³-hybridized carbons (Fsp3) is 0.800. The maximum absolute atomic E-state index is 12.7. The molecular formula is C30H57N7O10. The quantitative estimate of drug-likeness (QED) is 0.0804. The van der Waals surface area contributed by atoms with E-state index in [0.29, 0.717) is 58.9 Å². The summed E-state index contributed by atoms with van der Waals surface area (Å²) in [5, 5.41) is 36.1. The summed E-state index contributed by atoms with van der Waals surface area (Å²) in [5.74, 6) is -3.75. The number of carbonyl (C=O) groups excluding carboxylic acids is 3. The number of aliphatic carboxylic acids is 3. The predicted molar refractivity (Wildman–Crippen MR) is 174 cm³/mol. The molecule has 3 amide bonds. The van der Waals surface area contributed by atoms with Crippen molar-refractivity contribution in [1.29, 1.82) is 0 Å². The molecule has 17 nitrogen and oxygen atoms in total. The van der Waals surface area contributed by atoms with Crippen LogP contribution in [0.5, 0.6) is 0 Å². The molecule has 0 unspecified atom stereocenters. The molecular weight excluding hydrogens is 618 g/mol. The number of carbonyl (C=O) groups is 6. The molecule has 17 heteroatoms. The topological polar surface area (TPSA) is 221 Å². The number of hydrogen-bond acceptors (Lipinski definition) is 11. The van der Waals surface area contributed by atoms with E-state index in [0.717, 1.165) is 12.8 Å². The third kappa shape index (κ3) is 25.4. The first-order chi connectivity index (χ1) is 22.5. The van der Waals surface area contributed by atoms with Gasteiger partial charge < -0.3 is 36.0 Å². The van der Waals surface area contributed by atoms with Gasteiger partial charge in [-0.1, -0.05) is 27.2 Å². The highest BCUT2D eigenvalue weighted by Gasteiger charge is 2.21. The van der Waals surface area contributed by atoms with Crippen LogP contribution in [-0.4, -0.2) is 182 Å². The van der Waals surface area contributed by atoms with E-state index in [4.69, 9.17) is 4.74 Å². The van der Waals surface area contributed by atoms with Gasteiger partial charge in [0.25, 0.3) is 0 Å². The van der Waals surface area contributed by atoms with E-state index in [9.17, 15) is 44.1 Å². The van der Waals surface area contributed by atoms with Crippen molar-refractivity contribution in [3.05, 3.63) is 0 Å². The second-order valence-electron chi connectivity index (χ2n) is 10.8. The molecule has 0 radical (unpaired) electrons. The van der Waals surface area contributed by atoms with Gasteiger partial charge in [0.1, 0.15) is 0 Å². The number of carboxylic acids is 3. The van der Waals surface area contributed by atoms with Crippen molar-refractivity contribution in [2.75, 3.05) is 111 Å². The highest BCUT2D eigenvalue weighted by Crippen LogP contribution is 2.01. The molecule has 0 atom stereocenters. The smallest absolute Gasteiger partial charge is 0.317 e. The summed E-state index contributed by atoms with van der Waals surface area (Å²) in [6, 6.07) is 0. The number of hydrogen-bond donors (Lipinski definition) is 6. The van der Waals surface area contributed by atoms with E-state index in [-0.39, 0.29) is 83.0 Å². The normalized spacial score (nSPS) is 15.6. The summed E-state index contributed by atoms with van der Waals surface area (Å²) in [4.78, 5) is 77.2. The molecule has 272 valence electrons. The van der Waals surface area contributed by atoms with Crippen LogP contribution in [0.25, 0.3) is 0 Å². The van der Waals surface area contributed by atoms with Crippen molar-refractivity contribution in [2.45, 2.75) is 46.5 Å². The zero-order valence-electron chi connectivity index (χ0n) is 28.3. The van der Waals surface area contributed by atoms with Gasteiger partial charge in [0, 0.05) is 84.8 Å². The van der Waals surface area contributed by atoms with Gasteiger partial charge >= 0.3 is 17.9 Å². The fourth-order valence-corrected chi connectivity index (χ4v) is 4.48. The monoisotopic (exact) mass is 675 g/mol. The second-order valence-corrected chi connectivity index (χ2v) is 10.8. The highest BCUT2D eigenvalue weighted by atomic mass is 16.5. The molecule has 0 aromatic rings. The van der Waals surface area contributed by atoms with Crippen LogP contribution in [0.1, 0.15) is 46.5 Å². The average Bonchev–Trinajstić information content (AvgIpc) is 3.01. The van der Waals surface area contributed by atoms with Gasteiger partial charge in [-0.2, -0.15) is 0 Å². The zero-order valence-corrected chi connectivity index (χ0v) is 28.3. The largest absolute Gasteiger partial charge is 0.480 e. The van der Waals surface area contributed by atoms with Crippen LogP contribution in [-0.2, 0) is 33.5 Å². The van der Waals surface area contributed by atoms with E-state index in [1.165, 1.54) is 0 Å². The first kappa shape index (κ1) is 43.6. The number of rotatable bonds is 20. The lowest BCUT2D eigenvalue weighted by Crippen LogP contribution is -2.50. The summed E-state index contributed by atoms with van der Waals surface area (Å²) in [5.41, 5.74) is 0. The predicted octanol–water partition coefficient (Wildman–Crippen LogP) is -1.57. The molecule has 0 aromatic carbocycles. The summed E-state index contributed by atoms with van der Waals surface area (Å²) in [7, 11) is 0. The molecule has 0 spiro atoms. The first-order valence-corrected chi connectivity index (χ1v) is 16.4. The summed E-state index contributed by atoms with van der Waals surface area (Å²) in [6.45, 7) is 9.37. The zero-order chi connectivity index (χ0) is 35.5. The Morgan fingerprint density at radius 2 is 0.851 bits per heavy atom. The molecule has 1 aliphatic rings. The number of carboxylic acid groups (broad SMARTS) is 3. The summed E-state index contributed by atoms with van der Waals surface area (Å²) in [6.07, 6.45) is 2.09. The van der Waals surface area contributed by atoms with E-state index in [1.54, 1.807) is 14.7 Å². The molecule has 1 fully saturated rings. The molecule has 0 saturated carbocycles. The van der Waals surface area contributed by atoms with Crippen LogP contribution >= 0.6 is 0 Å². The van der Waals surface area contributed by atoms with Crippen LogP contribution in [0.2, 0.25) is 0 Å². The number of nitrogens with zero attached hydrogens (tertiary/aromatic N) is 4. The number of unbranched alkanes of at least 4 members (excludes halogenated alkanes) is 1. The maximum atomic E-state index is 12.7. The Labute approximate surface area is 277 Å². The number of nitrogens with one attached hydrogen (secondary N) is 3. The molecule has 1 saturated heterocycles. The van der Waals surface area contributed by atoms with Gasteiger partial charge in [0.05, 0.1) is 39.4 Å². The van der Waals surface area contributed by atoms with Crippen molar-refractivity contribution >= 4 is 35.6 Å². The Bertz CT molecular complexity index is 909. The Balaban J connectivity index is 0.0000104. The van der Waals surface area contributed by atoms with Crippen LogP contribution in [0.3, 0.4) is 0 Å². The third-order valence-corrected chi connectivity index (χ3v) is 6.94. The van der Waals surface area contributed by atoms with Gasteiger partial charge in [0.2, 0.25) is 17.7 Å². The maximum Gasteiger partial charge on any atom is 0.317 e. The lowest BCUT2D eigenvalue weighted by molar-refractivity contribution is -0.140.